The minimum absolute atomic E-state index is 1.06. The van der Waals surface area contributed by atoms with Gasteiger partial charge in [0.2, 0.25) is 0 Å². The molecule has 1 nitrogen and oxygen atoms in total. The highest BCUT2D eigenvalue weighted by Crippen LogP contribution is 2.28. The molecular weight excluding hydrogens is 194 g/mol. The van der Waals surface area contributed by atoms with Crippen LogP contribution in [0.25, 0.3) is 16.5 Å². The molecule has 0 spiro atoms. The summed E-state index contributed by atoms with van der Waals surface area (Å²) in [6, 6.07) is 10.5. The van der Waals surface area contributed by atoms with Gasteiger partial charge < -0.3 is 0 Å². The first-order valence-electron chi connectivity index (χ1n) is 5.54. The average molecular weight is 207 g/mol. The van der Waals surface area contributed by atoms with Crippen LogP contribution in [0.2, 0.25) is 0 Å². The molecule has 0 saturated carbocycles. The maximum Gasteiger partial charge on any atom is 0.0702 e. The molecule has 1 heterocycles. The molecule has 1 aromatic carbocycles. The fourth-order valence-corrected chi connectivity index (χ4v) is 2.11. The van der Waals surface area contributed by atoms with Gasteiger partial charge in [0.05, 0.1) is 5.52 Å². The Morgan fingerprint density at radius 2 is 2.00 bits per heavy atom. The van der Waals surface area contributed by atoms with Crippen LogP contribution in [0.3, 0.4) is 0 Å². The summed E-state index contributed by atoms with van der Waals surface area (Å²) < 4.78 is 0. The monoisotopic (exact) mass is 207 g/mol. The number of pyridine rings is 1. The van der Waals surface area contributed by atoms with E-state index in [0.29, 0.717) is 0 Å². The highest BCUT2D eigenvalue weighted by molar-refractivity contribution is 5.83. The van der Waals surface area contributed by atoms with Gasteiger partial charge in [-0.25, -0.2) is 0 Å². The quantitative estimate of drug-likeness (QED) is 0.689. The lowest BCUT2D eigenvalue weighted by molar-refractivity contribution is 1.25. The highest BCUT2D eigenvalue weighted by Gasteiger charge is 2.07. The van der Waals surface area contributed by atoms with E-state index in [1.807, 2.05) is 18.3 Å². The number of allylic oxidation sites excluding steroid dienone is 4. The number of nitrogens with zero attached hydrogens (tertiary/aromatic N) is 1. The van der Waals surface area contributed by atoms with Gasteiger partial charge in [-0.1, -0.05) is 35.9 Å². The standard InChI is InChI=1S/C15H13N/c1-11-6-7-12(8-11)14-9-13-4-2-3-5-15(13)16-10-14/h2-7,9-10H,8H2,1H3. The molecule has 1 aliphatic carbocycles. The lowest BCUT2D eigenvalue weighted by atomic mass is 10.0. The normalized spacial score (nSPS) is 15.1. The number of hydrogen-bond acceptors (Lipinski definition) is 1. The predicted octanol–water partition coefficient (Wildman–Crippen LogP) is 3.97. The molecule has 0 aliphatic heterocycles. The van der Waals surface area contributed by atoms with Crippen molar-refractivity contribution in [3.8, 4) is 0 Å². The van der Waals surface area contributed by atoms with Crippen LogP contribution in [-0.4, -0.2) is 4.98 Å². The number of para-hydroxylation sites is 1. The Balaban J connectivity index is 2.06. The molecule has 78 valence electrons. The molecule has 1 aliphatic rings. The van der Waals surface area contributed by atoms with Crippen LogP contribution >= 0.6 is 0 Å². The van der Waals surface area contributed by atoms with Crippen molar-refractivity contribution >= 4 is 16.5 Å². The number of hydrogen-bond donors (Lipinski definition) is 0. The van der Waals surface area contributed by atoms with E-state index in [2.05, 4.69) is 42.3 Å². The van der Waals surface area contributed by atoms with Crippen molar-refractivity contribution < 1.29 is 0 Å². The summed E-state index contributed by atoms with van der Waals surface area (Å²) in [7, 11) is 0. The van der Waals surface area contributed by atoms with E-state index < -0.39 is 0 Å². The Labute approximate surface area is 95.1 Å². The third-order valence-electron chi connectivity index (χ3n) is 3.00. The molecule has 0 radical (unpaired) electrons. The minimum atomic E-state index is 1.06. The second-order valence-corrected chi connectivity index (χ2v) is 4.30. The second-order valence-electron chi connectivity index (χ2n) is 4.30. The smallest absolute Gasteiger partial charge is 0.0702 e. The van der Waals surface area contributed by atoms with Crippen LogP contribution in [0.15, 0.2) is 54.3 Å². The largest absolute Gasteiger partial charge is 0.256 e. The van der Waals surface area contributed by atoms with Crippen molar-refractivity contribution in [2.24, 2.45) is 0 Å². The molecule has 0 atom stereocenters. The average Bonchev–Trinajstić information content (AvgIpc) is 2.75. The summed E-state index contributed by atoms with van der Waals surface area (Å²) in [6.45, 7) is 2.16. The molecule has 16 heavy (non-hydrogen) atoms. The van der Waals surface area contributed by atoms with Gasteiger partial charge >= 0.3 is 0 Å². The third-order valence-corrected chi connectivity index (χ3v) is 3.00. The number of rotatable bonds is 1. The van der Waals surface area contributed by atoms with Gasteiger partial charge in [0, 0.05) is 11.6 Å². The van der Waals surface area contributed by atoms with Crippen molar-refractivity contribution in [2.75, 3.05) is 0 Å². The van der Waals surface area contributed by atoms with E-state index in [0.717, 1.165) is 11.9 Å². The molecule has 0 bridgehead atoms. The summed E-state index contributed by atoms with van der Waals surface area (Å²) in [6.07, 6.45) is 7.41. The van der Waals surface area contributed by atoms with Crippen LogP contribution in [0.4, 0.5) is 0 Å². The van der Waals surface area contributed by atoms with E-state index in [1.165, 1.54) is 22.1 Å². The Morgan fingerprint density at radius 1 is 1.12 bits per heavy atom. The Bertz CT molecular complexity index is 606. The molecule has 0 saturated heterocycles. The van der Waals surface area contributed by atoms with E-state index in [4.69, 9.17) is 0 Å². The maximum absolute atomic E-state index is 4.49. The van der Waals surface area contributed by atoms with Crippen LogP contribution < -0.4 is 0 Å². The Hall–Kier alpha value is -1.89. The minimum Gasteiger partial charge on any atom is -0.256 e. The molecule has 0 N–H and O–H groups in total. The van der Waals surface area contributed by atoms with Crippen molar-refractivity contribution in [3.05, 3.63) is 59.8 Å². The first-order valence-corrected chi connectivity index (χ1v) is 5.54. The van der Waals surface area contributed by atoms with Gasteiger partial charge in [-0.05, 0) is 36.6 Å². The van der Waals surface area contributed by atoms with Crippen molar-refractivity contribution in [3.63, 3.8) is 0 Å². The van der Waals surface area contributed by atoms with Crippen LogP contribution in [0, 0.1) is 0 Å². The van der Waals surface area contributed by atoms with Gasteiger partial charge in [-0.15, -0.1) is 0 Å². The first kappa shape index (κ1) is 9.34. The van der Waals surface area contributed by atoms with Crippen molar-refractivity contribution in [1.82, 2.24) is 4.98 Å². The SMILES string of the molecule is CC1=CC=C(c2cnc3ccccc3c2)C1. The molecular formula is C15H13N. The summed E-state index contributed by atoms with van der Waals surface area (Å²) in [5.41, 5.74) is 5.10. The van der Waals surface area contributed by atoms with Gasteiger partial charge in [-0.2, -0.15) is 0 Å². The predicted molar refractivity (Wildman–Crippen MR) is 68.1 cm³/mol. The van der Waals surface area contributed by atoms with Gasteiger partial charge in [0.15, 0.2) is 0 Å². The summed E-state index contributed by atoms with van der Waals surface area (Å²) in [4.78, 5) is 4.49. The number of aromatic nitrogens is 1. The highest BCUT2D eigenvalue weighted by atomic mass is 14.6. The molecule has 0 fully saturated rings. The summed E-state index contributed by atoms with van der Waals surface area (Å²) in [5.74, 6) is 0. The van der Waals surface area contributed by atoms with Crippen LogP contribution in [0.5, 0.6) is 0 Å². The second kappa shape index (κ2) is 3.60. The van der Waals surface area contributed by atoms with E-state index in [9.17, 15) is 0 Å². The van der Waals surface area contributed by atoms with Gasteiger partial charge in [0.1, 0.15) is 0 Å². The summed E-state index contributed by atoms with van der Waals surface area (Å²) in [5, 5.41) is 1.21. The molecule has 1 heteroatoms. The summed E-state index contributed by atoms with van der Waals surface area (Å²) >= 11 is 0. The molecule has 1 aromatic heterocycles. The fraction of sp³-hybridized carbons (Fsp3) is 0.133. The fourth-order valence-electron chi connectivity index (χ4n) is 2.11. The third kappa shape index (κ3) is 1.54. The molecule has 0 amide bonds. The lowest BCUT2D eigenvalue weighted by Gasteiger charge is -2.04. The Kier molecular flexibility index (Phi) is 2.10. The Morgan fingerprint density at radius 3 is 2.81 bits per heavy atom. The maximum atomic E-state index is 4.49. The number of fused-ring (bicyclic) bond motifs is 1. The van der Waals surface area contributed by atoms with Gasteiger partial charge in [-0.3, -0.25) is 4.98 Å². The van der Waals surface area contributed by atoms with Crippen molar-refractivity contribution in [2.45, 2.75) is 13.3 Å². The zero-order chi connectivity index (χ0) is 11.0. The molecule has 0 unspecified atom stereocenters. The molecule has 3 rings (SSSR count). The zero-order valence-electron chi connectivity index (χ0n) is 9.27. The number of benzene rings is 1. The zero-order valence-corrected chi connectivity index (χ0v) is 9.27. The topological polar surface area (TPSA) is 12.9 Å². The lowest BCUT2D eigenvalue weighted by Crippen LogP contribution is -1.86. The van der Waals surface area contributed by atoms with E-state index in [1.54, 1.807) is 0 Å². The van der Waals surface area contributed by atoms with E-state index in [-0.39, 0.29) is 0 Å². The van der Waals surface area contributed by atoms with Crippen LogP contribution in [0.1, 0.15) is 18.9 Å². The first-order chi connectivity index (χ1) is 7.83. The van der Waals surface area contributed by atoms with Gasteiger partial charge in [0.25, 0.3) is 0 Å². The van der Waals surface area contributed by atoms with E-state index >= 15 is 0 Å². The van der Waals surface area contributed by atoms with Crippen molar-refractivity contribution in [1.29, 1.82) is 0 Å². The molecule has 2 aromatic rings. The van der Waals surface area contributed by atoms with Crippen LogP contribution in [-0.2, 0) is 0 Å².